The van der Waals surface area contributed by atoms with Gasteiger partial charge in [0.15, 0.2) is 0 Å². The normalized spacial score (nSPS) is 32.9. The van der Waals surface area contributed by atoms with Gasteiger partial charge >= 0.3 is 0 Å². The highest BCUT2D eigenvalue weighted by atomic mass is 14.8. The van der Waals surface area contributed by atoms with Crippen LogP contribution < -0.4 is 5.32 Å². The molecule has 1 unspecified atom stereocenters. The van der Waals surface area contributed by atoms with Gasteiger partial charge < -0.3 is 5.32 Å². The molecule has 0 saturated carbocycles. The summed E-state index contributed by atoms with van der Waals surface area (Å²) in [6.45, 7) is 6.91. The van der Waals surface area contributed by atoms with E-state index in [0.29, 0.717) is 0 Å². The first-order valence-electron chi connectivity index (χ1n) is 4.65. The quantitative estimate of drug-likeness (QED) is 0.527. The monoisotopic (exact) mass is 153 g/mol. The van der Waals surface area contributed by atoms with Gasteiger partial charge in [-0.2, -0.15) is 0 Å². The summed E-state index contributed by atoms with van der Waals surface area (Å²) in [6, 6.07) is 0. The molecule has 1 aliphatic rings. The van der Waals surface area contributed by atoms with E-state index in [1.165, 1.54) is 25.8 Å². The summed E-state index contributed by atoms with van der Waals surface area (Å²) < 4.78 is 0. The molecule has 0 spiro atoms. The zero-order chi connectivity index (χ0) is 8.10. The van der Waals surface area contributed by atoms with Crippen molar-refractivity contribution in [2.24, 2.45) is 5.92 Å². The molecule has 1 aliphatic heterocycles. The lowest BCUT2D eigenvalue weighted by molar-refractivity contribution is 0.493. The van der Waals surface area contributed by atoms with Gasteiger partial charge in [-0.05, 0) is 45.2 Å². The van der Waals surface area contributed by atoms with E-state index in [9.17, 15) is 0 Å². The summed E-state index contributed by atoms with van der Waals surface area (Å²) in [6.07, 6.45) is 6.23. The fraction of sp³-hybridized carbons (Fsp3) is 0.800. The molecule has 1 heterocycles. The van der Waals surface area contributed by atoms with E-state index in [-0.39, 0.29) is 0 Å². The largest absolute Gasteiger partial charge is 0.316 e. The molecular formula is C10H19N. The van der Waals surface area contributed by atoms with Gasteiger partial charge in [0.1, 0.15) is 0 Å². The molecule has 1 nitrogen and oxygen atoms in total. The SMILES string of the molecule is C/C1=C\CCC(C)CNCC1. The standard InChI is InChI=1S/C10H19N/c1-9-4-3-5-10(2)8-11-7-6-9/h4,10-11H,3,5-8H2,1-2H3/b9-4+. The first-order chi connectivity index (χ1) is 5.29. The molecule has 1 rings (SSSR count). The minimum atomic E-state index is 0.845. The van der Waals surface area contributed by atoms with Crippen LogP contribution in [0, 0.1) is 5.92 Å². The molecule has 0 bridgehead atoms. The van der Waals surface area contributed by atoms with Crippen LogP contribution in [0.25, 0.3) is 0 Å². The van der Waals surface area contributed by atoms with Gasteiger partial charge in [0.05, 0.1) is 0 Å². The molecule has 1 heteroatoms. The Kier molecular flexibility index (Phi) is 3.64. The smallest absolute Gasteiger partial charge is 0.00116 e. The number of nitrogens with one attached hydrogen (secondary N) is 1. The number of hydrogen-bond donors (Lipinski definition) is 1. The van der Waals surface area contributed by atoms with E-state index in [1.807, 2.05) is 0 Å². The van der Waals surface area contributed by atoms with Gasteiger partial charge in [0.2, 0.25) is 0 Å². The summed E-state index contributed by atoms with van der Waals surface area (Å²) in [5.74, 6) is 0.845. The number of allylic oxidation sites excluding steroid dienone is 1. The van der Waals surface area contributed by atoms with E-state index in [2.05, 4.69) is 25.2 Å². The van der Waals surface area contributed by atoms with Crippen LogP contribution in [0.3, 0.4) is 0 Å². The van der Waals surface area contributed by atoms with E-state index < -0.39 is 0 Å². The maximum atomic E-state index is 3.47. The second kappa shape index (κ2) is 4.55. The van der Waals surface area contributed by atoms with Gasteiger partial charge in [0.25, 0.3) is 0 Å². The Morgan fingerprint density at radius 3 is 3.18 bits per heavy atom. The van der Waals surface area contributed by atoms with Crippen molar-refractivity contribution in [2.75, 3.05) is 13.1 Å². The molecule has 0 aliphatic carbocycles. The van der Waals surface area contributed by atoms with Crippen molar-refractivity contribution in [3.8, 4) is 0 Å². The van der Waals surface area contributed by atoms with Gasteiger partial charge in [0, 0.05) is 0 Å². The van der Waals surface area contributed by atoms with Crippen molar-refractivity contribution in [3.05, 3.63) is 11.6 Å². The number of hydrogen-bond acceptors (Lipinski definition) is 1. The molecule has 0 saturated heterocycles. The van der Waals surface area contributed by atoms with Crippen LogP contribution in [0.2, 0.25) is 0 Å². The fourth-order valence-electron chi connectivity index (χ4n) is 1.45. The molecule has 1 N–H and O–H groups in total. The highest BCUT2D eigenvalue weighted by molar-refractivity contribution is 4.98. The first-order valence-corrected chi connectivity index (χ1v) is 4.65. The van der Waals surface area contributed by atoms with Crippen LogP contribution >= 0.6 is 0 Å². The molecular weight excluding hydrogens is 134 g/mol. The second-order valence-corrected chi connectivity index (χ2v) is 3.69. The highest BCUT2D eigenvalue weighted by Crippen LogP contribution is 2.10. The van der Waals surface area contributed by atoms with Crippen LogP contribution in [0.5, 0.6) is 0 Å². The lowest BCUT2D eigenvalue weighted by Crippen LogP contribution is -2.21. The molecule has 0 aromatic carbocycles. The third kappa shape index (κ3) is 3.57. The summed E-state index contributed by atoms with van der Waals surface area (Å²) in [5, 5.41) is 3.47. The Morgan fingerprint density at radius 1 is 1.55 bits per heavy atom. The van der Waals surface area contributed by atoms with Crippen LogP contribution in [-0.4, -0.2) is 13.1 Å². The average molecular weight is 153 g/mol. The van der Waals surface area contributed by atoms with Gasteiger partial charge in [-0.25, -0.2) is 0 Å². The number of rotatable bonds is 0. The molecule has 0 amide bonds. The van der Waals surface area contributed by atoms with Gasteiger partial charge in [-0.1, -0.05) is 18.6 Å². The maximum Gasteiger partial charge on any atom is -0.00116 e. The Labute approximate surface area is 69.9 Å². The Balaban J connectivity index is 2.37. The zero-order valence-electron chi connectivity index (χ0n) is 7.69. The summed E-state index contributed by atoms with van der Waals surface area (Å²) in [5.41, 5.74) is 1.55. The molecule has 0 fully saturated rings. The van der Waals surface area contributed by atoms with Crippen molar-refractivity contribution in [1.82, 2.24) is 5.32 Å². The molecule has 1 atom stereocenters. The lowest BCUT2D eigenvalue weighted by Gasteiger charge is -2.08. The molecule has 0 radical (unpaired) electrons. The maximum absolute atomic E-state index is 3.47. The van der Waals surface area contributed by atoms with E-state index in [1.54, 1.807) is 5.57 Å². The first kappa shape index (κ1) is 8.79. The Bertz CT molecular complexity index is 138. The minimum Gasteiger partial charge on any atom is -0.316 e. The topological polar surface area (TPSA) is 12.0 Å². The molecule has 11 heavy (non-hydrogen) atoms. The van der Waals surface area contributed by atoms with Crippen LogP contribution in [-0.2, 0) is 0 Å². The lowest BCUT2D eigenvalue weighted by atomic mass is 10.1. The van der Waals surface area contributed by atoms with Crippen molar-refractivity contribution >= 4 is 0 Å². The zero-order valence-corrected chi connectivity index (χ0v) is 7.69. The van der Waals surface area contributed by atoms with Crippen LogP contribution in [0.1, 0.15) is 33.1 Å². The van der Waals surface area contributed by atoms with Gasteiger partial charge in [-0.3, -0.25) is 0 Å². The summed E-state index contributed by atoms with van der Waals surface area (Å²) in [4.78, 5) is 0. The second-order valence-electron chi connectivity index (χ2n) is 3.69. The summed E-state index contributed by atoms with van der Waals surface area (Å²) >= 11 is 0. The molecule has 64 valence electrons. The Hall–Kier alpha value is -0.300. The van der Waals surface area contributed by atoms with Crippen LogP contribution in [0.15, 0.2) is 11.6 Å². The fourth-order valence-corrected chi connectivity index (χ4v) is 1.45. The third-order valence-corrected chi connectivity index (χ3v) is 2.34. The van der Waals surface area contributed by atoms with E-state index in [0.717, 1.165) is 12.5 Å². The van der Waals surface area contributed by atoms with Crippen molar-refractivity contribution in [1.29, 1.82) is 0 Å². The predicted molar refractivity (Wildman–Crippen MR) is 49.6 cm³/mol. The van der Waals surface area contributed by atoms with Gasteiger partial charge in [-0.15, -0.1) is 0 Å². The summed E-state index contributed by atoms with van der Waals surface area (Å²) in [7, 11) is 0. The van der Waals surface area contributed by atoms with E-state index in [4.69, 9.17) is 0 Å². The van der Waals surface area contributed by atoms with Crippen molar-refractivity contribution in [3.63, 3.8) is 0 Å². The van der Waals surface area contributed by atoms with Crippen LogP contribution in [0.4, 0.5) is 0 Å². The third-order valence-electron chi connectivity index (χ3n) is 2.34. The molecule has 0 aromatic rings. The minimum absolute atomic E-state index is 0.845. The molecule has 0 aromatic heterocycles. The van der Waals surface area contributed by atoms with Crippen molar-refractivity contribution in [2.45, 2.75) is 33.1 Å². The predicted octanol–water partition coefficient (Wildman–Crippen LogP) is 2.34. The van der Waals surface area contributed by atoms with E-state index >= 15 is 0 Å². The Morgan fingerprint density at radius 2 is 2.36 bits per heavy atom. The van der Waals surface area contributed by atoms with Crippen molar-refractivity contribution < 1.29 is 0 Å². The average Bonchev–Trinajstić information content (AvgIpc) is 2.04. The highest BCUT2D eigenvalue weighted by Gasteiger charge is 2.02.